The van der Waals surface area contributed by atoms with E-state index in [2.05, 4.69) is 11.8 Å². The van der Waals surface area contributed by atoms with Gasteiger partial charge in [-0.3, -0.25) is 0 Å². The Morgan fingerprint density at radius 3 is 2.82 bits per heavy atom. The summed E-state index contributed by atoms with van der Waals surface area (Å²) < 4.78 is 12.6. The fourth-order valence-corrected chi connectivity index (χ4v) is 1.13. The van der Waals surface area contributed by atoms with Crippen molar-refractivity contribution in [2.45, 2.75) is 12.3 Å². The minimum absolute atomic E-state index is 0.170. The van der Waals surface area contributed by atoms with Crippen molar-refractivity contribution in [1.82, 2.24) is 0 Å². The summed E-state index contributed by atoms with van der Waals surface area (Å²) in [5, 5.41) is 0. The van der Waals surface area contributed by atoms with Gasteiger partial charge >= 0.3 is 0 Å². The van der Waals surface area contributed by atoms with Crippen molar-refractivity contribution in [3.05, 3.63) is 35.6 Å². The average molecular weight is 146 g/mol. The van der Waals surface area contributed by atoms with Crippen LogP contribution in [0.3, 0.4) is 0 Å². The van der Waals surface area contributed by atoms with Gasteiger partial charge in [0.05, 0.1) is 5.92 Å². The Kier molecular flexibility index (Phi) is 1.40. The highest BCUT2D eigenvalue weighted by molar-refractivity contribution is 5.35. The third kappa shape index (κ3) is 1.12. The first-order valence-corrected chi connectivity index (χ1v) is 3.60. The van der Waals surface area contributed by atoms with Gasteiger partial charge in [0.25, 0.3) is 0 Å². The Hall–Kier alpha value is -1.29. The van der Waals surface area contributed by atoms with Gasteiger partial charge in [-0.1, -0.05) is 18.1 Å². The molecule has 1 aromatic rings. The van der Waals surface area contributed by atoms with E-state index in [9.17, 15) is 4.39 Å². The number of halogens is 1. The minimum Gasteiger partial charge on any atom is -0.207 e. The Bertz CT molecular complexity index is 330. The highest BCUT2D eigenvalue weighted by Crippen LogP contribution is 2.23. The quantitative estimate of drug-likeness (QED) is 0.533. The summed E-state index contributed by atoms with van der Waals surface area (Å²) in [7, 11) is 0. The number of hydrogen-bond acceptors (Lipinski definition) is 0. The van der Waals surface area contributed by atoms with Crippen LogP contribution in [0.2, 0.25) is 0 Å². The summed E-state index contributed by atoms with van der Waals surface area (Å²) in [6.45, 7) is 0. The monoisotopic (exact) mass is 146 g/mol. The molecular weight excluding hydrogens is 139 g/mol. The molecule has 11 heavy (non-hydrogen) atoms. The predicted molar refractivity (Wildman–Crippen MR) is 41.5 cm³/mol. The van der Waals surface area contributed by atoms with Crippen LogP contribution < -0.4 is 0 Å². The lowest BCUT2D eigenvalue weighted by Crippen LogP contribution is -2.01. The zero-order valence-corrected chi connectivity index (χ0v) is 5.97. The van der Waals surface area contributed by atoms with E-state index in [1.54, 1.807) is 12.1 Å². The molecular formula is C10H7F. The van der Waals surface area contributed by atoms with Crippen LogP contribution in [-0.4, -0.2) is 0 Å². The van der Waals surface area contributed by atoms with Crippen LogP contribution in [0.1, 0.15) is 17.9 Å². The lowest BCUT2D eigenvalue weighted by Gasteiger charge is -2.12. The molecule has 0 amide bonds. The Morgan fingerprint density at radius 2 is 2.27 bits per heavy atom. The maximum Gasteiger partial charge on any atom is 0.123 e. The molecule has 0 heterocycles. The summed E-state index contributed by atoms with van der Waals surface area (Å²) in [6, 6.07) is 6.65. The van der Waals surface area contributed by atoms with Crippen molar-refractivity contribution >= 4 is 0 Å². The zero-order valence-electron chi connectivity index (χ0n) is 5.97. The summed E-state index contributed by atoms with van der Waals surface area (Å²) in [5.41, 5.74) is 1.00. The molecule has 1 atom stereocenters. The van der Waals surface area contributed by atoms with Crippen LogP contribution in [0.4, 0.5) is 4.39 Å². The molecule has 1 heteroatoms. The van der Waals surface area contributed by atoms with Gasteiger partial charge in [0, 0.05) is 6.42 Å². The summed E-state index contributed by atoms with van der Waals surface area (Å²) in [6.07, 6.45) is 0.878. The molecule has 0 aliphatic heterocycles. The first-order chi connectivity index (χ1) is 5.36. The highest BCUT2D eigenvalue weighted by atomic mass is 19.1. The van der Waals surface area contributed by atoms with Gasteiger partial charge < -0.3 is 0 Å². The Balaban J connectivity index is 2.33. The van der Waals surface area contributed by atoms with Gasteiger partial charge in [-0.05, 0) is 17.7 Å². The smallest absolute Gasteiger partial charge is 0.123 e. The van der Waals surface area contributed by atoms with Gasteiger partial charge in [0.2, 0.25) is 0 Å². The molecule has 2 rings (SSSR count). The lowest BCUT2D eigenvalue weighted by molar-refractivity contribution is 0.623. The SMILES string of the molecule is Fc1cccc(C2C#CC2)c1. The topological polar surface area (TPSA) is 0 Å². The van der Waals surface area contributed by atoms with Gasteiger partial charge in [-0.25, -0.2) is 4.39 Å². The van der Waals surface area contributed by atoms with Crippen LogP contribution in [0.15, 0.2) is 24.3 Å². The summed E-state index contributed by atoms with van der Waals surface area (Å²) in [5.74, 6) is 5.99. The van der Waals surface area contributed by atoms with Crippen LogP contribution in [-0.2, 0) is 0 Å². The lowest BCUT2D eigenvalue weighted by atomic mass is 9.91. The second kappa shape index (κ2) is 2.39. The molecule has 0 spiro atoms. The standard InChI is InChI=1S/C10H7F/c11-10-6-2-5-9(7-10)8-3-1-4-8/h2,5-8H,3H2. The molecule has 0 saturated heterocycles. The summed E-state index contributed by atoms with van der Waals surface area (Å²) >= 11 is 0. The van der Waals surface area contributed by atoms with Gasteiger partial charge in [-0.2, -0.15) is 0 Å². The second-order valence-corrected chi connectivity index (χ2v) is 2.63. The molecule has 54 valence electrons. The average Bonchev–Trinajstić information content (AvgIpc) is 1.83. The molecule has 0 fully saturated rings. The van der Waals surface area contributed by atoms with Crippen LogP contribution in [0.5, 0.6) is 0 Å². The molecule has 0 N–H and O–H groups in total. The number of benzene rings is 1. The van der Waals surface area contributed by atoms with Crippen molar-refractivity contribution in [2.75, 3.05) is 0 Å². The third-order valence-corrected chi connectivity index (χ3v) is 1.83. The molecule has 1 aliphatic carbocycles. The van der Waals surface area contributed by atoms with E-state index >= 15 is 0 Å². The van der Waals surface area contributed by atoms with E-state index < -0.39 is 0 Å². The van der Waals surface area contributed by atoms with Crippen LogP contribution in [0, 0.1) is 17.7 Å². The third-order valence-electron chi connectivity index (χ3n) is 1.83. The molecule has 0 radical (unpaired) electrons. The van der Waals surface area contributed by atoms with Crippen molar-refractivity contribution in [2.24, 2.45) is 0 Å². The molecule has 0 aromatic heterocycles. The minimum atomic E-state index is -0.170. The van der Waals surface area contributed by atoms with E-state index in [1.807, 2.05) is 6.07 Å². The Labute approximate surface area is 65.1 Å². The molecule has 1 unspecified atom stereocenters. The number of rotatable bonds is 1. The molecule has 0 nitrogen and oxygen atoms in total. The predicted octanol–water partition coefficient (Wildman–Crippen LogP) is 2.32. The fraction of sp³-hybridized carbons (Fsp3) is 0.200. The van der Waals surface area contributed by atoms with Gasteiger partial charge in [0.1, 0.15) is 5.82 Å². The van der Waals surface area contributed by atoms with E-state index in [0.717, 1.165) is 12.0 Å². The first-order valence-electron chi connectivity index (χ1n) is 3.60. The van der Waals surface area contributed by atoms with E-state index in [0.29, 0.717) is 0 Å². The normalized spacial score (nSPS) is 19.9. The van der Waals surface area contributed by atoms with Crippen molar-refractivity contribution in [3.8, 4) is 11.8 Å². The van der Waals surface area contributed by atoms with E-state index in [1.165, 1.54) is 6.07 Å². The molecule has 0 bridgehead atoms. The molecule has 1 aliphatic rings. The molecule has 1 aromatic carbocycles. The first kappa shape index (κ1) is 6.42. The highest BCUT2D eigenvalue weighted by Gasteiger charge is 2.12. The zero-order chi connectivity index (χ0) is 7.68. The maximum atomic E-state index is 12.6. The van der Waals surface area contributed by atoms with Crippen molar-refractivity contribution in [1.29, 1.82) is 0 Å². The van der Waals surface area contributed by atoms with Crippen LogP contribution in [0.25, 0.3) is 0 Å². The second-order valence-electron chi connectivity index (χ2n) is 2.63. The van der Waals surface area contributed by atoms with Crippen LogP contribution >= 0.6 is 0 Å². The van der Waals surface area contributed by atoms with Crippen molar-refractivity contribution < 1.29 is 4.39 Å². The molecule has 0 saturated carbocycles. The largest absolute Gasteiger partial charge is 0.207 e. The Morgan fingerprint density at radius 1 is 1.45 bits per heavy atom. The number of hydrogen-bond donors (Lipinski definition) is 0. The maximum absolute atomic E-state index is 12.6. The van der Waals surface area contributed by atoms with E-state index in [4.69, 9.17) is 0 Å². The van der Waals surface area contributed by atoms with Crippen molar-refractivity contribution in [3.63, 3.8) is 0 Å². The van der Waals surface area contributed by atoms with Gasteiger partial charge in [-0.15, -0.1) is 5.92 Å². The summed E-state index contributed by atoms with van der Waals surface area (Å²) in [4.78, 5) is 0. The fourth-order valence-electron chi connectivity index (χ4n) is 1.13. The van der Waals surface area contributed by atoms with Gasteiger partial charge in [0.15, 0.2) is 0 Å². The van der Waals surface area contributed by atoms with E-state index in [-0.39, 0.29) is 11.7 Å².